The molecular weight excluding hydrogens is 296 g/mol. The summed E-state index contributed by atoms with van der Waals surface area (Å²) < 4.78 is 7.42. The first-order valence-corrected chi connectivity index (χ1v) is 7.39. The number of Topliss-reactive ketones (excluding diaryl/α,β-unsaturated/α-hetero) is 1. The van der Waals surface area contributed by atoms with Gasteiger partial charge in [0.2, 0.25) is 5.78 Å². The number of allylic oxidation sites excluding steroid dienone is 4. The lowest BCUT2D eigenvalue weighted by atomic mass is 9.89. The van der Waals surface area contributed by atoms with E-state index in [0.29, 0.717) is 5.76 Å². The maximum absolute atomic E-state index is 12.7. The average Bonchev–Trinajstić information content (AvgIpc) is 3.01. The van der Waals surface area contributed by atoms with Crippen LogP contribution in [0.5, 0.6) is 0 Å². The van der Waals surface area contributed by atoms with Gasteiger partial charge >= 0.3 is 0 Å². The van der Waals surface area contributed by atoms with Crippen LogP contribution in [0.4, 0.5) is 0 Å². The van der Waals surface area contributed by atoms with Crippen LogP contribution in [0, 0.1) is 11.3 Å². The van der Waals surface area contributed by atoms with Gasteiger partial charge in [-0.2, -0.15) is 5.10 Å². The van der Waals surface area contributed by atoms with Gasteiger partial charge in [-0.05, 0) is 19.1 Å². The van der Waals surface area contributed by atoms with E-state index in [1.165, 1.54) is 24.4 Å². The molecule has 1 aromatic heterocycles. The monoisotopic (exact) mass is 318 g/mol. The first-order valence-electron chi connectivity index (χ1n) is 7.39. The molecule has 2 unspecified atom stereocenters. The molecule has 2 rings (SSSR count). The van der Waals surface area contributed by atoms with Crippen LogP contribution in [0.3, 0.4) is 0 Å². The Hall–Kier alpha value is -2.44. The third kappa shape index (κ3) is 3.85. The molecule has 0 saturated carbocycles. The third-order valence-electron chi connectivity index (χ3n) is 3.48. The molecule has 0 radical (unpaired) electrons. The molecule has 0 N–H and O–H groups in total. The quantitative estimate of drug-likeness (QED) is 0.779. The molecule has 7 nitrogen and oxygen atoms in total. The highest BCUT2D eigenvalue weighted by Gasteiger charge is 2.35. The highest BCUT2D eigenvalue weighted by atomic mass is 16.6. The predicted molar refractivity (Wildman–Crippen MR) is 85.4 cm³/mol. The van der Waals surface area contributed by atoms with E-state index in [4.69, 9.17) is 9.57 Å². The molecular formula is C16H22N4O3. The summed E-state index contributed by atoms with van der Waals surface area (Å²) in [5.41, 5.74) is 0.152. The van der Waals surface area contributed by atoms with Crippen LogP contribution in [0.2, 0.25) is 0 Å². The lowest BCUT2D eigenvalue weighted by Crippen LogP contribution is -2.33. The van der Waals surface area contributed by atoms with E-state index in [9.17, 15) is 4.79 Å². The summed E-state index contributed by atoms with van der Waals surface area (Å²) in [5.74, 6) is 0.413. The maximum Gasteiger partial charge on any atom is 0.251 e. The van der Waals surface area contributed by atoms with Gasteiger partial charge in [0.05, 0.1) is 11.6 Å². The van der Waals surface area contributed by atoms with Gasteiger partial charge in [0.15, 0.2) is 0 Å². The molecule has 0 bridgehead atoms. The highest BCUT2D eigenvalue weighted by molar-refractivity contribution is 5.99. The van der Waals surface area contributed by atoms with Crippen molar-refractivity contribution >= 4 is 11.5 Å². The molecule has 23 heavy (non-hydrogen) atoms. The second-order valence-corrected chi connectivity index (χ2v) is 6.31. The molecule has 1 heterocycles. The molecule has 0 aliphatic heterocycles. The normalized spacial score (nSPS) is 21.0. The Morgan fingerprint density at radius 2 is 2.17 bits per heavy atom. The fourth-order valence-corrected chi connectivity index (χ4v) is 2.10. The van der Waals surface area contributed by atoms with E-state index in [1.54, 1.807) is 0 Å². The number of nitrogens with zero attached hydrogens (tertiary/aromatic N) is 4. The summed E-state index contributed by atoms with van der Waals surface area (Å²) in [6.07, 6.45) is 7.45. The number of hydrogen-bond acceptors (Lipinski definition) is 6. The van der Waals surface area contributed by atoms with Crippen LogP contribution < -0.4 is 0 Å². The Kier molecular flexibility index (Phi) is 4.98. The standard InChI is InChI=1S/C16H22N4O3/c1-11-12(19-22-5)7-6-8-13(11)23-15(14(21)16(2,3)4)20-10-17-9-18-20/h6-11,15H,1-5H3. The van der Waals surface area contributed by atoms with Crippen LogP contribution in [-0.4, -0.2) is 33.4 Å². The van der Waals surface area contributed by atoms with E-state index < -0.39 is 11.6 Å². The van der Waals surface area contributed by atoms with Crippen LogP contribution in [0.1, 0.15) is 33.9 Å². The SMILES string of the molecule is CON=C1C=CC=C(OC(C(=O)C(C)(C)C)n2cncn2)C1C. The van der Waals surface area contributed by atoms with Gasteiger partial charge in [-0.15, -0.1) is 0 Å². The number of ketones is 1. The van der Waals surface area contributed by atoms with Crippen molar-refractivity contribution in [2.24, 2.45) is 16.5 Å². The number of oxime groups is 1. The molecule has 0 aromatic carbocycles. The molecule has 1 aromatic rings. The van der Waals surface area contributed by atoms with Crippen LogP contribution >= 0.6 is 0 Å². The number of rotatable bonds is 5. The summed E-state index contributed by atoms with van der Waals surface area (Å²) in [5, 5.41) is 8.02. The molecule has 0 spiro atoms. The van der Waals surface area contributed by atoms with Crippen LogP contribution in [-0.2, 0) is 14.4 Å². The van der Waals surface area contributed by atoms with Gasteiger partial charge in [0, 0.05) is 5.41 Å². The lowest BCUT2D eigenvalue weighted by Gasteiger charge is -2.28. The molecule has 7 heteroatoms. The smallest absolute Gasteiger partial charge is 0.251 e. The molecule has 2 atom stereocenters. The topological polar surface area (TPSA) is 78.6 Å². The summed E-state index contributed by atoms with van der Waals surface area (Å²) in [6.45, 7) is 7.48. The maximum atomic E-state index is 12.7. The van der Waals surface area contributed by atoms with E-state index in [0.717, 1.165) is 5.71 Å². The first-order chi connectivity index (χ1) is 10.8. The number of carbonyl (C=O) groups excluding carboxylic acids is 1. The number of carbonyl (C=O) groups is 1. The zero-order valence-corrected chi connectivity index (χ0v) is 14.1. The minimum Gasteiger partial charge on any atom is -0.465 e. The molecule has 1 aliphatic carbocycles. The summed E-state index contributed by atoms with van der Waals surface area (Å²) in [4.78, 5) is 21.5. The summed E-state index contributed by atoms with van der Waals surface area (Å²) in [7, 11) is 1.49. The van der Waals surface area contributed by atoms with Gasteiger partial charge in [-0.1, -0.05) is 32.0 Å². The summed E-state index contributed by atoms with van der Waals surface area (Å²) >= 11 is 0. The van der Waals surface area contributed by atoms with Crippen molar-refractivity contribution < 1.29 is 14.4 Å². The van der Waals surface area contributed by atoms with E-state index in [2.05, 4.69) is 15.2 Å². The molecule has 124 valence electrons. The minimum absolute atomic E-state index is 0.0871. The zero-order valence-electron chi connectivity index (χ0n) is 14.1. The minimum atomic E-state index is -0.874. The van der Waals surface area contributed by atoms with Crippen molar-refractivity contribution in [1.29, 1.82) is 0 Å². The largest absolute Gasteiger partial charge is 0.465 e. The van der Waals surface area contributed by atoms with Crippen molar-refractivity contribution in [1.82, 2.24) is 14.8 Å². The fourth-order valence-electron chi connectivity index (χ4n) is 2.10. The number of hydrogen-bond donors (Lipinski definition) is 0. The van der Waals surface area contributed by atoms with Gasteiger partial charge in [-0.3, -0.25) is 4.79 Å². The average molecular weight is 318 g/mol. The second kappa shape index (κ2) is 6.76. The van der Waals surface area contributed by atoms with Crippen LogP contribution in [0.15, 0.2) is 41.8 Å². The van der Waals surface area contributed by atoms with Gasteiger partial charge < -0.3 is 9.57 Å². The van der Waals surface area contributed by atoms with Crippen molar-refractivity contribution in [3.05, 3.63) is 36.6 Å². The predicted octanol–water partition coefficient (Wildman–Crippen LogP) is 2.50. The van der Waals surface area contributed by atoms with Crippen molar-refractivity contribution in [2.45, 2.75) is 33.9 Å². The lowest BCUT2D eigenvalue weighted by molar-refractivity contribution is -0.142. The van der Waals surface area contributed by atoms with Crippen molar-refractivity contribution in [3.63, 3.8) is 0 Å². The molecule has 1 aliphatic rings. The van der Waals surface area contributed by atoms with Gasteiger partial charge in [0.25, 0.3) is 6.23 Å². The third-order valence-corrected chi connectivity index (χ3v) is 3.48. The number of ether oxygens (including phenoxy) is 1. The second-order valence-electron chi connectivity index (χ2n) is 6.31. The van der Waals surface area contributed by atoms with Crippen molar-refractivity contribution in [3.8, 4) is 0 Å². The molecule has 0 amide bonds. The Balaban J connectivity index is 2.29. The Bertz CT molecular complexity index is 639. The summed E-state index contributed by atoms with van der Waals surface area (Å²) in [6, 6.07) is 0. The molecule has 0 saturated heterocycles. The van der Waals surface area contributed by atoms with E-state index in [1.807, 2.05) is 45.9 Å². The Morgan fingerprint density at radius 1 is 1.43 bits per heavy atom. The van der Waals surface area contributed by atoms with E-state index in [-0.39, 0.29) is 11.7 Å². The van der Waals surface area contributed by atoms with Crippen molar-refractivity contribution in [2.75, 3.05) is 7.11 Å². The van der Waals surface area contributed by atoms with Gasteiger partial charge in [0.1, 0.15) is 25.5 Å². The fraction of sp³-hybridized carbons (Fsp3) is 0.500. The Morgan fingerprint density at radius 3 is 2.74 bits per heavy atom. The van der Waals surface area contributed by atoms with Gasteiger partial charge in [-0.25, -0.2) is 9.67 Å². The zero-order chi connectivity index (χ0) is 17.0. The van der Waals surface area contributed by atoms with Crippen LogP contribution in [0.25, 0.3) is 0 Å². The van der Waals surface area contributed by atoms with E-state index >= 15 is 0 Å². The molecule has 0 fully saturated rings. The number of aromatic nitrogens is 3. The highest BCUT2D eigenvalue weighted by Crippen LogP contribution is 2.29. The Labute approximate surface area is 135 Å². The first kappa shape index (κ1) is 16.9.